The highest BCUT2D eigenvalue weighted by atomic mass is 35.5. The number of amides is 1. The topological polar surface area (TPSA) is 42.2 Å². The average Bonchev–Trinajstić information content (AvgIpc) is 2.99. The van der Waals surface area contributed by atoms with Crippen LogP contribution in [-0.4, -0.2) is 5.91 Å². The lowest BCUT2D eigenvalue weighted by molar-refractivity contribution is -0.111. The van der Waals surface area contributed by atoms with Crippen molar-refractivity contribution in [3.05, 3.63) is 83.4 Å². The van der Waals surface area contributed by atoms with Gasteiger partial charge in [-0.15, -0.1) is 0 Å². The lowest BCUT2D eigenvalue weighted by Crippen LogP contribution is -2.07. The molecule has 0 saturated carbocycles. The van der Waals surface area contributed by atoms with E-state index in [0.717, 1.165) is 27.5 Å². The second-order valence-corrected chi connectivity index (χ2v) is 6.06. The Hall–Kier alpha value is -3.04. The molecule has 0 fully saturated rings. The molecule has 0 unspecified atom stereocenters. The first-order valence-electron chi connectivity index (χ1n) is 7.85. The van der Waals surface area contributed by atoms with Gasteiger partial charge >= 0.3 is 0 Å². The summed E-state index contributed by atoms with van der Waals surface area (Å²) in [7, 11) is 0. The van der Waals surface area contributed by atoms with E-state index in [2.05, 4.69) is 5.32 Å². The SMILES string of the molecule is O=C(/C=C/c1ccccc1Cl)Nc1ccc2c(c1)oc1ccccc12. The highest BCUT2D eigenvalue weighted by Gasteiger charge is 2.07. The summed E-state index contributed by atoms with van der Waals surface area (Å²) < 4.78 is 5.83. The predicted octanol–water partition coefficient (Wildman–Crippen LogP) is 5.89. The number of carbonyl (C=O) groups is 1. The summed E-state index contributed by atoms with van der Waals surface area (Å²) in [5, 5.41) is 5.54. The summed E-state index contributed by atoms with van der Waals surface area (Å²) in [4.78, 5) is 12.1. The first kappa shape index (κ1) is 15.5. The Morgan fingerprint density at radius 3 is 2.56 bits per heavy atom. The molecule has 1 aromatic heterocycles. The molecule has 0 atom stereocenters. The number of furan rings is 1. The van der Waals surface area contributed by atoms with Crippen LogP contribution in [0.25, 0.3) is 28.0 Å². The van der Waals surface area contributed by atoms with E-state index in [1.807, 2.05) is 60.7 Å². The van der Waals surface area contributed by atoms with Crippen molar-refractivity contribution < 1.29 is 9.21 Å². The highest BCUT2D eigenvalue weighted by molar-refractivity contribution is 6.32. The molecule has 0 aliphatic carbocycles. The van der Waals surface area contributed by atoms with Crippen LogP contribution in [0.15, 0.2) is 77.2 Å². The molecule has 1 N–H and O–H groups in total. The molecular weight excluding hydrogens is 334 g/mol. The van der Waals surface area contributed by atoms with Gasteiger partial charge in [0.05, 0.1) is 0 Å². The van der Waals surface area contributed by atoms with E-state index in [9.17, 15) is 4.79 Å². The second-order valence-electron chi connectivity index (χ2n) is 5.65. The van der Waals surface area contributed by atoms with Crippen molar-refractivity contribution >= 4 is 51.2 Å². The normalized spacial score (nSPS) is 11.4. The van der Waals surface area contributed by atoms with Crippen molar-refractivity contribution in [1.29, 1.82) is 0 Å². The molecule has 3 nitrogen and oxygen atoms in total. The second kappa shape index (κ2) is 6.46. The van der Waals surface area contributed by atoms with E-state index in [1.54, 1.807) is 12.1 Å². The van der Waals surface area contributed by atoms with E-state index in [4.69, 9.17) is 16.0 Å². The Morgan fingerprint density at radius 1 is 0.920 bits per heavy atom. The Bertz CT molecular complexity index is 1110. The number of nitrogens with one attached hydrogen (secondary N) is 1. The molecular formula is C21H14ClNO2. The van der Waals surface area contributed by atoms with Crippen molar-refractivity contribution in [2.24, 2.45) is 0 Å². The summed E-state index contributed by atoms with van der Waals surface area (Å²) in [6.45, 7) is 0. The molecule has 3 aromatic carbocycles. The van der Waals surface area contributed by atoms with Crippen LogP contribution in [0.3, 0.4) is 0 Å². The van der Waals surface area contributed by atoms with Gasteiger partial charge in [-0.2, -0.15) is 0 Å². The number of benzene rings is 3. The Morgan fingerprint density at radius 2 is 1.68 bits per heavy atom. The number of carbonyl (C=O) groups excluding carboxylic acids is 1. The Kier molecular flexibility index (Phi) is 4.00. The van der Waals surface area contributed by atoms with Gasteiger partial charge in [-0.25, -0.2) is 0 Å². The van der Waals surface area contributed by atoms with Gasteiger partial charge < -0.3 is 9.73 Å². The molecule has 0 aliphatic rings. The summed E-state index contributed by atoms with van der Waals surface area (Å²) in [5.41, 5.74) is 3.06. The van der Waals surface area contributed by atoms with Crippen molar-refractivity contribution in [2.75, 3.05) is 5.32 Å². The summed E-state index contributed by atoms with van der Waals surface area (Å²) in [6, 6.07) is 20.9. The van der Waals surface area contributed by atoms with Crippen LogP contribution in [0, 0.1) is 0 Å². The molecule has 0 saturated heterocycles. The molecule has 4 heteroatoms. The van der Waals surface area contributed by atoms with Gasteiger partial charge in [0.15, 0.2) is 0 Å². The fourth-order valence-electron chi connectivity index (χ4n) is 2.76. The highest BCUT2D eigenvalue weighted by Crippen LogP contribution is 2.30. The predicted molar refractivity (Wildman–Crippen MR) is 103 cm³/mol. The van der Waals surface area contributed by atoms with Crippen molar-refractivity contribution in [3.63, 3.8) is 0 Å². The molecule has 0 spiro atoms. The fraction of sp³-hybridized carbons (Fsp3) is 0. The molecule has 122 valence electrons. The number of rotatable bonds is 3. The number of fused-ring (bicyclic) bond motifs is 3. The minimum atomic E-state index is -0.226. The zero-order valence-corrected chi connectivity index (χ0v) is 14.0. The first-order valence-corrected chi connectivity index (χ1v) is 8.23. The van der Waals surface area contributed by atoms with Crippen LogP contribution in [0.4, 0.5) is 5.69 Å². The first-order chi connectivity index (χ1) is 12.2. The summed E-state index contributed by atoms with van der Waals surface area (Å²) in [5.74, 6) is -0.226. The molecule has 0 radical (unpaired) electrons. The maximum atomic E-state index is 12.1. The van der Waals surface area contributed by atoms with Crippen molar-refractivity contribution in [1.82, 2.24) is 0 Å². The van der Waals surface area contributed by atoms with Crippen LogP contribution < -0.4 is 5.32 Å². The maximum absolute atomic E-state index is 12.1. The smallest absolute Gasteiger partial charge is 0.248 e. The van der Waals surface area contributed by atoms with Crippen molar-refractivity contribution in [2.45, 2.75) is 0 Å². The fourth-order valence-corrected chi connectivity index (χ4v) is 2.96. The molecule has 0 aliphatic heterocycles. The van der Waals surface area contributed by atoms with Gasteiger partial charge in [0.1, 0.15) is 11.2 Å². The van der Waals surface area contributed by atoms with E-state index >= 15 is 0 Å². The molecule has 4 rings (SSSR count). The minimum Gasteiger partial charge on any atom is -0.456 e. The summed E-state index contributed by atoms with van der Waals surface area (Å²) in [6.07, 6.45) is 3.15. The minimum absolute atomic E-state index is 0.226. The van der Waals surface area contributed by atoms with Gasteiger partial charge in [0.25, 0.3) is 0 Å². The van der Waals surface area contributed by atoms with Gasteiger partial charge in [0.2, 0.25) is 5.91 Å². The molecule has 1 amide bonds. The third kappa shape index (κ3) is 3.14. The van der Waals surface area contributed by atoms with E-state index in [-0.39, 0.29) is 5.91 Å². The van der Waals surface area contributed by atoms with Crippen molar-refractivity contribution in [3.8, 4) is 0 Å². The van der Waals surface area contributed by atoms with E-state index in [1.165, 1.54) is 6.08 Å². The zero-order valence-electron chi connectivity index (χ0n) is 13.2. The zero-order chi connectivity index (χ0) is 17.2. The van der Waals surface area contributed by atoms with Crippen LogP contribution >= 0.6 is 11.6 Å². The largest absolute Gasteiger partial charge is 0.456 e. The monoisotopic (exact) mass is 347 g/mol. The Balaban J connectivity index is 1.57. The number of anilines is 1. The van der Waals surface area contributed by atoms with Gasteiger partial charge in [-0.05, 0) is 35.9 Å². The lowest BCUT2D eigenvalue weighted by atomic mass is 10.1. The molecule has 25 heavy (non-hydrogen) atoms. The average molecular weight is 348 g/mol. The Labute approximate surface area is 149 Å². The molecule has 1 heterocycles. The van der Waals surface area contributed by atoms with Crippen LogP contribution in [0.2, 0.25) is 5.02 Å². The van der Waals surface area contributed by atoms with Gasteiger partial charge in [-0.3, -0.25) is 4.79 Å². The molecule has 4 aromatic rings. The van der Waals surface area contributed by atoms with Crippen LogP contribution in [0.5, 0.6) is 0 Å². The maximum Gasteiger partial charge on any atom is 0.248 e. The van der Waals surface area contributed by atoms with Gasteiger partial charge in [-0.1, -0.05) is 48.0 Å². The number of hydrogen-bond donors (Lipinski definition) is 1. The quantitative estimate of drug-likeness (QED) is 0.469. The van der Waals surface area contributed by atoms with E-state index < -0.39 is 0 Å². The number of hydrogen-bond acceptors (Lipinski definition) is 2. The molecule has 0 bridgehead atoms. The van der Waals surface area contributed by atoms with Gasteiger partial charge in [0, 0.05) is 33.6 Å². The number of halogens is 1. The third-order valence-electron chi connectivity index (χ3n) is 3.97. The van der Waals surface area contributed by atoms with Crippen LogP contribution in [-0.2, 0) is 4.79 Å². The van der Waals surface area contributed by atoms with E-state index in [0.29, 0.717) is 10.7 Å². The standard InChI is InChI=1S/C21H14ClNO2/c22-18-7-3-1-5-14(18)9-12-21(24)23-15-10-11-17-16-6-2-4-8-19(16)25-20(17)13-15/h1-13H,(H,23,24)/b12-9+. The number of para-hydroxylation sites is 1. The summed E-state index contributed by atoms with van der Waals surface area (Å²) >= 11 is 6.08. The lowest BCUT2D eigenvalue weighted by Gasteiger charge is -2.02. The van der Waals surface area contributed by atoms with Crippen LogP contribution in [0.1, 0.15) is 5.56 Å². The third-order valence-corrected chi connectivity index (χ3v) is 4.31.